The SMILES string of the molecule is CC(Oc1cccc(C(C)C)c1)C(=O)N[C@@H]1C=C[C@H](CO)C1. The molecule has 0 spiro atoms. The van der Waals surface area contributed by atoms with Crippen molar-refractivity contribution in [3.05, 3.63) is 42.0 Å². The zero-order valence-corrected chi connectivity index (χ0v) is 13.5. The predicted molar refractivity (Wildman–Crippen MR) is 86.9 cm³/mol. The molecule has 1 unspecified atom stereocenters. The molecule has 0 bridgehead atoms. The van der Waals surface area contributed by atoms with Gasteiger partial charge in [0.25, 0.3) is 5.91 Å². The highest BCUT2D eigenvalue weighted by molar-refractivity contribution is 5.81. The van der Waals surface area contributed by atoms with E-state index in [1.54, 1.807) is 6.92 Å². The van der Waals surface area contributed by atoms with Crippen LogP contribution in [0.2, 0.25) is 0 Å². The molecule has 0 fully saturated rings. The second-order valence-corrected chi connectivity index (χ2v) is 6.17. The topological polar surface area (TPSA) is 58.6 Å². The fourth-order valence-electron chi connectivity index (χ4n) is 2.52. The number of carbonyl (C=O) groups is 1. The number of nitrogens with one attached hydrogen (secondary N) is 1. The van der Waals surface area contributed by atoms with E-state index in [9.17, 15) is 4.79 Å². The van der Waals surface area contributed by atoms with Crippen molar-refractivity contribution in [3.8, 4) is 5.75 Å². The molecule has 0 saturated heterocycles. The maximum Gasteiger partial charge on any atom is 0.261 e. The van der Waals surface area contributed by atoms with E-state index in [4.69, 9.17) is 9.84 Å². The summed E-state index contributed by atoms with van der Waals surface area (Å²) in [5, 5.41) is 12.0. The van der Waals surface area contributed by atoms with Crippen molar-refractivity contribution < 1.29 is 14.6 Å². The van der Waals surface area contributed by atoms with Gasteiger partial charge in [0.2, 0.25) is 0 Å². The maximum atomic E-state index is 12.2. The molecule has 120 valence electrons. The van der Waals surface area contributed by atoms with Crippen molar-refractivity contribution >= 4 is 5.91 Å². The second-order valence-electron chi connectivity index (χ2n) is 6.17. The Labute approximate surface area is 132 Å². The van der Waals surface area contributed by atoms with Gasteiger partial charge in [-0.3, -0.25) is 4.79 Å². The number of ether oxygens (including phenoxy) is 1. The van der Waals surface area contributed by atoms with E-state index in [1.165, 1.54) is 5.56 Å². The van der Waals surface area contributed by atoms with Gasteiger partial charge in [-0.25, -0.2) is 0 Å². The van der Waals surface area contributed by atoms with Crippen LogP contribution in [-0.4, -0.2) is 29.8 Å². The summed E-state index contributed by atoms with van der Waals surface area (Å²) in [4.78, 5) is 12.2. The molecule has 4 nitrogen and oxygen atoms in total. The van der Waals surface area contributed by atoms with Crippen molar-refractivity contribution in [2.45, 2.75) is 45.3 Å². The number of aliphatic hydroxyl groups is 1. The standard InChI is InChI=1S/C18H25NO3/c1-12(2)15-5-4-6-17(10-15)22-13(3)18(21)19-16-8-7-14(9-16)11-20/h4-8,10,12-14,16,20H,9,11H2,1-3H3,(H,19,21)/t13?,14-,16+/m0/s1. The van der Waals surface area contributed by atoms with Gasteiger partial charge in [-0.15, -0.1) is 0 Å². The molecule has 22 heavy (non-hydrogen) atoms. The summed E-state index contributed by atoms with van der Waals surface area (Å²) < 4.78 is 5.74. The molecule has 0 radical (unpaired) electrons. The third kappa shape index (κ3) is 4.34. The van der Waals surface area contributed by atoms with Gasteiger partial charge in [0.05, 0.1) is 0 Å². The molecule has 0 saturated carbocycles. The van der Waals surface area contributed by atoms with E-state index in [0.29, 0.717) is 11.7 Å². The Morgan fingerprint density at radius 3 is 2.77 bits per heavy atom. The Morgan fingerprint density at radius 2 is 2.14 bits per heavy atom. The fraction of sp³-hybridized carbons (Fsp3) is 0.500. The van der Waals surface area contributed by atoms with E-state index < -0.39 is 6.10 Å². The molecule has 1 aliphatic rings. The van der Waals surface area contributed by atoms with Crippen LogP contribution in [0.1, 0.15) is 38.7 Å². The number of aliphatic hydroxyl groups excluding tert-OH is 1. The van der Waals surface area contributed by atoms with E-state index in [0.717, 1.165) is 6.42 Å². The lowest BCUT2D eigenvalue weighted by Gasteiger charge is -2.18. The van der Waals surface area contributed by atoms with E-state index in [2.05, 4.69) is 25.2 Å². The third-order valence-electron chi connectivity index (χ3n) is 3.94. The van der Waals surface area contributed by atoms with Gasteiger partial charge in [-0.05, 0) is 37.0 Å². The van der Waals surface area contributed by atoms with Gasteiger partial charge >= 0.3 is 0 Å². The Bertz CT molecular complexity index is 539. The van der Waals surface area contributed by atoms with Crippen LogP contribution >= 0.6 is 0 Å². The number of rotatable bonds is 6. The van der Waals surface area contributed by atoms with Gasteiger partial charge in [0.15, 0.2) is 6.10 Å². The first-order chi connectivity index (χ1) is 10.5. The monoisotopic (exact) mass is 303 g/mol. The maximum absolute atomic E-state index is 12.2. The average Bonchev–Trinajstić information content (AvgIpc) is 2.95. The number of benzene rings is 1. The van der Waals surface area contributed by atoms with E-state index in [-0.39, 0.29) is 24.5 Å². The number of hydrogen-bond acceptors (Lipinski definition) is 3. The number of amides is 1. The molecule has 0 aromatic heterocycles. The normalized spacial score (nSPS) is 21.9. The van der Waals surface area contributed by atoms with Gasteiger partial charge in [-0.1, -0.05) is 38.1 Å². The minimum atomic E-state index is -0.552. The Morgan fingerprint density at radius 1 is 1.36 bits per heavy atom. The van der Waals surface area contributed by atoms with Crippen molar-refractivity contribution in [1.29, 1.82) is 0 Å². The van der Waals surface area contributed by atoms with Crippen molar-refractivity contribution in [2.24, 2.45) is 5.92 Å². The molecular weight excluding hydrogens is 278 g/mol. The molecule has 3 atom stereocenters. The van der Waals surface area contributed by atoms with Crippen LogP contribution in [0.25, 0.3) is 0 Å². The fourth-order valence-corrected chi connectivity index (χ4v) is 2.52. The first-order valence-corrected chi connectivity index (χ1v) is 7.85. The minimum absolute atomic E-state index is 0.0160. The first-order valence-electron chi connectivity index (χ1n) is 7.85. The highest BCUT2D eigenvalue weighted by atomic mass is 16.5. The van der Waals surface area contributed by atoms with E-state index in [1.807, 2.05) is 30.4 Å². The number of carbonyl (C=O) groups excluding carboxylic acids is 1. The summed E-state index contributed by atoms with van der Waals surface area (Å²) in [6, 6.07) is 7.83. The molecule has 1 aliphatic carbocycles. The minimum Gasteiger partial charge on any atom is -0.481 e. The molecular formula is C18H25NO3. The molecule has 1 aromatic carbocycles. The summed E-state index contributed by atoms with van der Waals surface area (Å²) in [7, 11) is 0. The molecule has 2 N–H and O–H groups in total. The summed E-state index contributed by atoms with van der Waals surface area (Å²) in [5.41, 5.74) is 1.19. The molecule has 1 amide bonds. The second kappa shape index (κ2) is 7.45. The van der Waals surface area contributed by atoms with Crippen molar-refractivity contribution in [3.63, 3.8) is 0 Å². The van der Waals surface area contributed by atoms with Crippen molar-refractivity contribution in [2.75, 3.05) is 6.61 Å². The van der Waals surface area contributed by atoms with Crippen LogP contribution < -0.4 is 10.1 Å². The quantitative estimate of drug-likeness (QED) is 0.794. The van der Waals surface area contributed by atoms with Crippen LogP contribution in [0.3, 0.4) is 0 Å². The summed E-state index contributed by atoms with van der Waals surface area (Å²) in [6.45, 7) is 6.12. The highest BCUT2D eigenvalue weighted by Crippen LogP contribution is 2.21. The zero-order chi connectivity index (χ0) is 16.1. The van der Waals surface area contributed by atoms with Gasteiger partial charge < -0.3 is 15.2 Å². The lowest BCUT2D eigenvalue weighted by molar-refractivity contribution is -0.127. The van der Waals surface area contributed by atoms with Gasteiger partial charge in [0, 0.05) is 18.6 Å². The molecule has 0 heterocycles. The average molecular weight is 303 g/mol. The highest BCUT2D eigenvalue weighted by Gasteiger charge is 2.23. The van der Waals surface area contributed by atoms with Crippen LogP contribution in [0, 0.1) is 5.92 Å². The largest absolute Gasteiger partial charge is 0.481 e. The van der Waals surface area contributed by atoms with Gasteiger partial charge in [0.1, 0.15) is 5.75 Å². The zero-order valence-electron chi connectivity index (χ0n) is 13.5. The van der Waals surface area contributed by atoms with Crippen LogP contribution in [-0.2, 0) is 4.79 Å². The lowest BCUT2D eigenvalue weighted by Crippen LogP contribution is -2.41. The third-order valence-corrected chi connectivity index (χ3v) is 3.94. The lowest BCUT2D eigenvalue weighted by atomic mass is 10.0. The van der Waals surface area contributed by atoms with Crippen LogP contribution in [0.5, 0.6) is 5.75 Å². The molecule has 4 heteroatoms. The van der Waals surface area contributed by atoms with Gasteiger partial charge in [-0.2, -0.15) is 0 Å². The summed E-state index contributed by atoms with van der Waals surface area (Å²) >= 11 is 0. The summed E-state index contributed by atoms with van der Waals surface area (Å²) in [5.74, 6) is 1.14. The Kier molecular flexibility index (Phi) is 5.61. The molecule has 2 rings (SSSR count). The molecule has 1 aromatic rings. The van der Waals surface area contributed by atoms with Crippen LogP contribution in [0.15, 0.2) is 36.4 Å². The molecule has 0 aliphatic heterocycles. The Hall–Kier alpha value is -1.81. The van der Waals surface area contributed by atoms with E-state index >= 15 is 0 Å². The van der Waals surface area contributed by atoms with Crippen molar-refractivity contribution in [1.82, 2.24) is 5.32 Å². The van der Waals surface area contributed by atoms with Crippen LogP contribution in [0.4, 0.5) is 0 Å². The number of hydrogen-bond donors (Lipinski definition) is 2. The smallest absolute Gasteiger partial charge is 0.261 e. The first kappa shape index (κ1) is 16.6. The predicted octanol–water partition coefficient (Wildman–Crippen LogP) is 2.63. The summed E-state index contributed by atoms with van der Waals surface area (Å²) in [6.07, 6.45) is 4.08. The Balaban J connectivity index is 1.89.